The van der Waals surface area contributed by atoms with Crippen LogP contribution in [0.25, 0.3) is 0 Å². The molecule has 0 spiro atoms. The zero-order valence-electron chi connectivity index (χ0n) is 8.24. The van der Waals surface area contributed by atoms with Crippen molar-refractivity contribution in [1.82, 2.24) is 0 Å². The minimum absolute atomic E-state index is 0.854. The molecule has 92 valence electrons. The Kier molecular flexibility index (Phi) is 14.2. The second-order valence-electron chi connectivity index (χ2n) is 2.04. The molecular formula is C7H9NO6P2S+2. The third kappa shape index (κ3) is 25.4. The zero-order valence-corrected chi connectivity index (χ0v) is 10.8. The van der Waals surface area contributed by atoms with E-state index >= 15 is 0 Å². The van der Waals surface area contributed by atoms with E-state index in [2.05, 4.69) is 22.4 Å². The molecule has 10 heteroatoms. The van der Waals surface area contributed by atoms with Gasteiger partial charge in [-0.2, -0.15) is 4.99 Å². The highest BCUT2D eigenvalue weighted by Crippen LogP contribution is 2.07. The summed E-state index contributed by atoms with van der Waals surface area (Å²) in [5.41, 5.74) is 0.854. The number of aliphatic imine (C=N–C) groups is 1. The fourth-order valence-electron chi connectivity index (χ4n) is 0.555. The molecule has 4 N–H and O–H groups in total. The minimum atomic E-state index is -2.87. The van der Waals surface area contributed by atoms with Gasteiger partial charge in [-0.3, -0.25) is 0 Å². The third-order valence-corrected chi connectivity index (χ3v) is 1.02. The summed E-state index contributed by atoms with van der Waals surface area (Å²) in [6, 6.07) is 9.50. The number of isothiocyanates is 1. The number of thiocarbonyl (C=S) groups is 1. The van der Waals surface area contributed by atoms with Crippen LogP contribution in [0.2, 0.25) is 0 Å². The molecular weight excluding hydrogens is 288 g/mol. The van der Waals surface area contributed by atoms with Gasteiger partial charge in [0.15, 0.2) is 0 Å². The molecule has 0 saturated heterocycles. The summed E-state index contributed by atoms with van der Waals surface area (Å²) in [4.78, 5) is 32.3. The molecule has 0 bridgehead atoms. The highest BCUT2D eigenvalue weighted by molar-refractivity contribution is 7.78. The highest BCUT2D eigenvalue weighted by Gasteiger charge is 1.93. The van der Waals surface area contributed by atoms with E-state index in [1.54, 1.807) is 0 Å². The number of nitrogens with zero attached hydrogens (tertiary/aromatic N) is 1. The van der Waals surface area contributed by atoms with E-state index in [9.17, 15) is 0 Å². The van der Waals surface area contributed by atoms with Crippen molar-refractivity contribution in [3.05, 3.63) is 30.3 Å². The fraction of sp³-hybridized carbons (Fsp3) is 0. The van der Waals surface area contributed by atoms with Crippen molar-refractivity contribution >= 4 is 39.6 Å². The quantitative estimate of drug-likeness (QED) is 0.352. The van der Waals surface area contributed by atoms with Crippen molar-refractivity contribution in [3.8, 4) is 0 Å². The molecule has 0 amide bonds. The van der Waals surface area contributed by atoms with E-state index in [0.717, 1.165) is 5.69 Å². The van der Waals surface area contributed by atoms with Crippen molar-refractivity contribution in [2.45, 2.75) is 0 Å². The van der Waals surface area contributed by atoms with Gasteiger partial charge < -0.3 is 0 Å². The molecule has 0 aliphatic carbocycles. The summed E-state index contributed by atoms with van der Waals surface area (Å²) in [6.45, 7) is 0. The van der Waals surface area contributed by atoms with Gasteiger partial charge in [0, 0.05) is 9.13 Å². The molecule has 0 heterocycles. The first kappa shape index (κ1) is 18.4. The average Bonchev–Trinajstić information content (AvgIpc) is 2.18. The average molecular weight is 297 g/mol. The monoisotopic (exact) mass is 297 g/mol. The van der Waals surface area contributed by atoms with Crippen LogP contribution in [0.15, 0.2) is 35.3 Å². The number of para-hydroxylation sites is 1. The summed E-state index contributed by atoms with van der Waals surface area (Å²) < 4.78 is 17.4. The molecule has 0 aromatic heterocycles. The van der Waals surface area contributed by atoms with Crippen LogP contribution in [0.3, 0.4) is 0 Å². The normalized spacial score (nSPS) is 7.29. The topological polar surface area (TPSA) is 127 Å². The number of hydrogen-bond donors (Lipinski definition) is 4. The van der Waals surface area contributed by atoms with Crippen LogP contribution in [0.5, 0.6) is 0 Å². The number of benzene rings is 1. The van der Waals surface area contributed by atoms with Gasteiger partial charge >= 0.3 is 16.5 Å². The van der Waals surface area contributed by atoms with Gasteiger partial charge in [0.1, 0.15) is 0 Å². The molecule has 1 rings (SSSR count). The Morgan fingerprint density at radius 1 is 1.00 bits per heavy atom. The summed E-state index contributed by atoms with van der Waals surface area (Å²) in [7, 11) is -5.74. The van der Waals surface area contributed by atoms with Crippen LogP contribution in [0.4, 0.5) is 5.69 Å². The van der Waals surface area contributed by atoms with Crippen LogP contribution >= 0.6 is 28.7 Å². The summed E-state index contributed by atoms with van der Waals surface area (Å²) in [5.74, 6) is 0. The lowest BCUT2D eigenvalue weighted by atomic mass is 10.3. The largest absolute Gasteiger partial charge is 0.692 e. The Labute approximate surface area is 104 Å². The standard InChI is InChI=1S/C7H5NS.2HO3P/c9-6-8-7-4-2-1-3-5-7;2*1-4(2)3/h1-5H;2*(H-,1,2,3)/p+2. The Hall–Kier alpha value is -0.940. The number of rotatable bonds is 1. The first-order valence-electron chi connectivity index (χ1n) is 3.73. The Morgan fingerprint density at radius 3 is 1.65 bits per heavy atom. The minimum Gasteiger partial charge on any atom is -0.195 e. The maximum Gasteiger partial charge on any atom is 0.692 e. The smallest absolute Gasteiger partial charge is 0.195 e. The maximum absolute atomic E-state index is 8.70. The van der Waals surface area contributed by atoms with E-state index in [0.29, 0.717) is 0 Å². The Morgan fingerprint density at radius 2 is 1.35 bits per heavy atom. The first-order valence-corrected chi connectivity index (χ1v) is 6.47. The Bertz CT molecular complexity index is 375. The van der Waals surface area contributed by atoms with Gasteiger partial charge in [0.2, 0.25) is 0 Å². The molecule has 0 saturated carbocycles. The lowest BCUT2D eigenvalue weighted by molar-refractivity contribution is 0.403. The summed E-state index contributed by atoms with van der Waals surface area (Å²) in [6.07, 6.45) is 0. The van der Waals surface area contributed by atoms with E-state index in [1.807, 2.05) is 30.3 Å². The van der Waals surface area contributed by atoms with Crippen molar-refractivity contribution < 1.29 is 28.7 Å². The predicted octanol–water partition coefficient (Wildman–Crippen LogP) is 1.68. The molecule has 7 nitrogen and oxygen atoms in total. The molecule has 0 fully saturated rings. The molecule has 0 atom stereocenters. The van der Waals surface area contributed by atoms with Gasteiger partial charge in [-0.25, -0.2) is 0 Å². The van der Waals surface area contributed by atoms with Crippen LogP contribution in [-0.2, 0) is 9.13 Å². The Balaban J connectivity index is 0. The lowest BCUT2D eigenvalue weighted by Gasteiger charge is -1.83. The van der Waals surface area contributed by atoms with E-state index in [1.165, 1.54) is 0 Å². The zero-order chi connectivity index (χ0) is 13.7. The fourth-order valence-corrected chi connectivity index (χ4v) is 0.661. The van der Waals surface area contributed by atoms with E-state index in [-0.39, 0.29) is 0 Å². The second kappa shape index (κ2) is 13.1. The summed E-state index contributed by atoms with van der Waals surface area (Å²) in [5, 5.41) is 2.29. The molecule has 0 radical (unpaired) electrons. The molecule has 17 heavy (non-hydrogen) atoms. The van der Waals surface area contributed by atoms with Crippen LogP contribution < -0.4 is 0 Å². The first-order chi connectivity index (χ1) is 7.90. The maximum atomic E-state index is 8.70. The second-order valence-corrected chi connectivity index (χ2v) is 3.24. The van der Waals surface area contributed by atoms with Crippen molar-refractivity contribution in [3.63, 3.8) is 0 Å². The summed E-state index contributed by atoms with van der Waals surface area (Å²) >= 11 is 4.42. The van der Waals surface area contributed by atoms with E-state index in [4.69, 9.17) is 28.7 Å². The lowest BCUT2D eigenvalue weighted by Crippen LogP contribution is -1.58. The van der Waals surface area contributed by atoms with Crippen molar-refractivity contribution in [2.75, 3.05) is 0 Å². The predicted molar refractivity (Wildman–Crippen MR) is 65.2 cm³/mol. The highest BCUT2D eigenvalue weighted by atomic mass is 32.1. The van der Waals surface area contributed by atoms with Crippen LogP contribution in [-0.4, -0.2) is 24.7 Å². The van der Waals surface area contributed by atoms with E-state index < -0.39 is 16.5 Å². The molecule has 0 aliphatic heterocycles. The SMILES string of the molecule is O=[P+](O)O.O=[P+](O)O.S=C=Nc1ccccc1. The molecule has 1 aromatic rings. The molecule has 1 aromatic carbocycles. The number of hydrogen-bond acceptors (Lipinski definition) is 4. The van der Waals surface area contributed by atoms with Crippen molar-refractivity contribution in [2.24, 2.45) is 4.99 Å². The third-order valence-electron chi connectivity index (χ3n) is 0.931. The molecule has 0 aliphatic rings. The van der Waals surface area contributed by atoms with Gasteiger partial charge in [-0.15, -0.1) is 19.6 Å². The van der Waals surface area contributed by atoms with Gasteiger partial charge in [-0.05, 0) is 24.4 Å². The molecule has 0 unspecified atom stereocenters. The van der Waals surface area contributed by atoms with Gasteiger partial charge in [-0.1, -0.05) is 18.2 Å². The van der Waals surface area contributed by atoms with Crippen molar-refractivity contribution in [1.29, 1.82) is 0 Å². The van der Waals surface area contributed by atoms with Crippen LogP contribution in [0.1, 0.15) is 0 Å². The van der Waals surface area contributed by atoms with Gasteiger partial charge in [0.25, 0.3) is 0 Å². The van der Waals surface area contributed by atoms with Crippen LogP contribution in [0, 0.1) is 0 Å². The van der Waals surface area contributed by atoms with Gasteiger partial charge in [0.05, 0.1) is 10.8 Å².